The third-order valence-electron chi connectivity index (χ3n) is 4.02. The summed E-state index contributed by atoms with van der Waals surface area (Å²) in [5, 5.41) is 2.80. The lowest BCUT2D eigenvalue weighted by Crippen LogP contribution is -2.33. The van der Waals surface area contributed by atoms with Crippen LogP contribution in [0.4, 0.5) is 4.79 Å². The predicted molar refractivity (Wildman–Crippen MR) is 105 cm³/mol. The molecule has 132 valence electrons. The number of benzene rings is 3. The zero-order valence-electron chi connectivity index (χ0n) is 15.1. The number of ether oxygens (including phenoxy) is 1. The van der Waals surface area contributed by atoms with Gasteiger partial charge in [-0.25, -0.2) is 4.79 Å². The van der Waals surface area contributed by atoms with Crippen LogP contribution < -0.4 is 10.1 Å². The van der Waals surface area contributed by atoms with Crippen LogP contribution in [0, 0.1) is 0 Å². The molecule has 3 heteroatoms. The van der Waals surface area contributed by atoms with Gasteiger partial charge in [-0.1, -0.05) is 78.9 Å². The van der Waals surface area contributed by atoms with Crippen molar-refractivity contribution in [2.24, 2.45) is 0 Å². The van der Waals surface area contributed by atoms with E-state index in [1.54, 1.807) is 0 Å². The lowest BCUT2D eigenvalue weighted by atomic mass is 9.97. The fourth-order valence-corrected chi connectivity index (χ4v) is 2.86. The molecule has 0 heterocycles. The van der Waals surface area contributed by atoms with Crippen molar-refractivity contribution in [2.75, 3.05) is 0 Å². The first-order valence-electron chi connectivity index (χ1n) is 8.83. The summed E-state index contributed by atoms with van der Waals surface area (Å²) in [6.45, 7) is 3.82. The largest absolute Gasteiger partial charge is 0.412 e. The molecule has 0 aliphatic rings. The van der Waals surface area contributed by atoms with Gasteiger partial charge in [0.1, 0.15) is 5.75 Å². The van der Waals surface area contributed by atoms with Gasteiger partial charge in [-0.2, -0.15) is 0 Å². The van der Waals surface area contributed by atoms with Crippen molar-refractivity contribution in [3.63, 3.8) is 0 Å². The SMILES string of the molecule is CC(C)NC(=O)Oc1c(Cc2ccccc2)cccc1-c1ccccc1. The van der Waals surface area contributed by atoms with Gasteiger partial charge in [-0.15, -0.1) is 0 Å². The number of hydrogen-bond donors (Lipinski definition) is 1. The van der Waals surface area contributed by atoms with Crippen LogP contribution >= 0.6 is 0 Å². The molecule has 1 N–H and O–H groups in total. The highest BCUT2D eigenvalue weighted by Gasteiger charge is 2.16. The summed E-state index contributed by atoms with van der Waals surface area (Å²) in [4.78, 5) is 12.3. The fraction of sp³-hybridized carbons (Fsp3) is 0.174. The second kappa shape index (κ2) is 8.34. The standard InChI is InChI=1S/C23H23NO2/c1-17(2)24-23(25)26-22-20(16-18-10-5-3-6-11-18)14-9-15-21(22)19-12-7-4-8-13-19/h3-15,17H,16H2,1-2H3,(H,24,25). The number of hydrogen-bond acceptors (Lipinski definition) is 2. The van der Waals surface area contributed by atoms with E-state index in [2.05, 4.69) is 17.4 Å². The van der Waals surface area contributed by atoms with E-state index in [1.807, 2.05) is 80.6 Å². The van der Waals surface area contributed by atoms with Gasteiger partial charge in [0, 0.05) is 18.0 Å². The Morgan fingerprint density at radius 1 is 0.885 bits per heavy atom. The molecule has 0 bridgehead atoms. The molecular formula is C23H23NO2. The van der Waals surface area contributed by atoms with Crippen LogP contribution in [0.25, 0.3) is 11.1 Å². The monoisotopic (exact) mass is 345 g/mol. The average molecular weight is 345 g/mol. The Balaban J connectivity index is 2.01. The lowest BCUT2D eigenvalue weighted by molar-refractivity contribution is 0.197. The highest BCUT2D eigenvalue weighted by atomic mass is 16.6. The Morgan fingerprint density at radius 2 is 1.54 bits per heavy atom. The van der Waals surface area contributed by atoms with Crippen molar-refractivity contribution in [1.29, 1.82) is 0 Å². The van der Waals surface area contributed by atoms with Gasteiger partial charge >= 0.3 is 6.09 Å². The van der Waals surface area contributed by atoms with Crippen molar-refractivity contribution >= 4 is 6.09 Å². The van der Waals surface area contributed by atoms with Crippen LogP contribution in [0.3, 0.4) is 0 Å². The van der Waals surface area contributed by atoms with Crippen LogP contribution in [0.15, 0.2) is 78.9 Å². The molecule has 1 amide bonds. The maximum Gasteiger partial charge on any atom is 0.412 e. The summed E-state index contributed by atoms with van der Waals surface area (Å²) in [7, 11) is 0. The van der Waals surface area contributed by atoms with Gasteiger partial charge < -0.3 is 10.1 Å². The van der Waals surface area contributed by atoms with E-state index in [-0.39, 0.29) is 6.04 Å². The molecule has 26 heavy (non-hydrogen) atoms. The molecule has 3 rings (SSSR count). The normalized spacial score (nSPS) is 10.6. The van der Waals surface area contributed by atoms with Gasteiger partial charge in [0.25, 0.3) is 0 Å². The molecule has 3 aromatic rings. The average Bonchev–Trinajstić information content (AvgIpc) is 2.64. The smallest absolute Gasteiger partial charge is 0.409 e. The Labute approximate surface area is 154 Å². The number of rotatable bonds is 5. The second-order valence-electron chi connectivity index (χ2n) is 6.51. The van der Waals surface area contributed by atoms with Crippen molar-refractivity contribution in [1.82, 2.24) is 5.32 Å². The molecule has 0 aliphatic carbocycles. The minimum absolute atomic E-state index is 0.0176. The summed E-state index contributed by atoms with van der Waals surface area (Å²) < 4.78 is 5.76. The lowest BCUT2D eigenvalue weighted by Gasteiger charge is -2.16. The quantitative estimate of drug-likeness (QED) is 0.668. The maximum atomic E-state index is 12.3. The molecule has 0 saturated heterocycles. The molecule has 3 nitrogen and oxygen atoms in total. The summed E-state index contributed by atoms with van der Waals surface area (Å²) in [6, 6.07) is 26.2. The summed E-state index contributed by atoms with van der Waals surface area (Å²) >= 11 is 0. The Hall–Kier alpha value is -3.07. The third-order valence-corrected chi connectivity index (χ3v) is 4.02. The van der Waals surface area contributed by atoms with E-state index in [0.717, 1.165) is 16.7 Å². The van der Waals surface area contributed by atoms with Crippen LogP contribution in [-0.4, -0.2) is 12.1 Å². The molecule has 0 aromatic heterocycles. The first-order chi connectivity index (χ1) is 12.6. The van der Waals surface area contributed by atoms with Gasteiger partial charge in [-0.3, -0.25) is 0 Å². The Kier molecular flexibility index (Phi) is 5.69. The van der Waals surface area contributed by atoms with Gasteiger partial charge in [0.2, 0.25) is 0 Å². The summed E-state index contributed by atoms with van der Waals surface area (Å²) in [5.41, 5.74) is 4.09. The highest BCUT2D eigenvalue weighted by Crippen LogP contribution is 2.34. The minimum atomic E-state index is -0.433. The van der Waals surface area contributed by atoms with Gasteiger partial charge in [0.15, 0.2) is 0 Å². The number of nitrogens with one attached hydrogen (secondary N) is 1. The first-order valence-corrected chi connectivity index (χ1v) is 8.83. The molecule has 0 aliphatic heterocycles. The van der Waals surface area contributed by atoms with Crippen LogP contribution in [0.2, 0.25) is 0 Å². The highest BCUT2D eigenvalue weighted by molar-refractivity contribution is 5.78. The number of carbonyl (C=O) groups excluding carboxylic acids is 1. The van der Waals surface area contributed by atoms with Crippen LogP contribution in [-0.2, 0) is 6.42 Å². The molecular weight excluding hydrogens is 322 g/mol. The number of carbonyl (C=O) groups is 1. The molecule has 3 aromatic carbocycles. The first kappa shape index (κ1) is 17.7. The molecule has 0 saturated carbocycles. The molecule has 0 unspecified atom stereocenters. The maximum absolute atomic E-state index is 12.3. The van der Waals surface area contributed by atoms with E-state index in [9.17, 15) is 4.79 Å². The Morgan fingerprint density at radius 3 is 2.19 bits per heavy atom. The van der Waals surface area contributed by atoms with Crippen LogP contribution in [0.1, 0.15) is 25.0 Å². The number of para-hydroxylation sites is 1. The van der Waals surface area contributed by atoms with Crippen molar-refractivity contribution in [3.05, 3.63) is 90.0 Å². The van der Waals surface area contributed by atoms with Crippen molar-refractivity contribution in [3.8, 4) is 16.9 Å². The minimum Gasteiger partial charge on any atom is -0.409 e. The topological polar surface area (TPSA) is 38.3 Å². The van der Waals surface area contributed by atoms with Gasteiger partial charge in [0.05, 0.1) is 0 Å². The van der Waals surface area contributed by atoms with Crippen molar-refractivity contribution < 1.29 is 9.53 Å². The van der Waals surface area contributed by atoms with E-state index < -0.39 is 6.09 Å². The zero-order valence-corrected chi connectivity index (χ0v) is 15.1. The molecule has 0 atom stereocenters. The molecule has 0 fully saturated rings. The third kappa shape index (κ3) is 4.51. The fourth-order valence-electron chi connectivity index (χ4n) is 2.86. The van der Waals surface area contributed by atoms with E-state index >= 15 is 0 Å². The summed E-state index contributed by atoms with van der Waals surface area (Å²) in [6.07, 6.45) is 0.268. The Bertz CT molecular complexity index is 858. The predicted octanol–water partition coefficient (Wildman–Crippen LogP) is 5.44. The number of amides is 1. The molecule has 0 spiro atoms. The van der Waals surface area contributed by atoms with E-state index in [1.165, 1.54) is 5.56 Å². The zero-order chi connectivity index (χ0) is 18.4. The van der Waals surface area contributed by atoms with E-state index in [4.69, 9.17) is 4.74 Å². The summed E-state index contributed by atoms with van der Waals surface area (Å²) in [5.74, 6) is 0.612. The second-order valence-corrected chi connectivity index (χ2v) is 6.51. The van der Waals surface area contributed by atoms with Crippen LogP contribution in [0.5, 0.6) is 5.75 Å². The van der Waals surface area contributed by atoms with Gasteiger partial charge in [-0.05, 0) is 30.5 Å². The molecule has 0 radical (unpaired) electrons. The van der Waals surface area contributed by atoms with E-state index in [0.29, 0.717) is 12.2 Å². The van der Waals surface area contributed by atoms with Crippen molar-refractivity contribution in [2.45, 2.75) is 26.3 Å².